The summed E-state index contributed by atoms with van der Waals surface area (Å²) >= 11 is 0. The maximum Gasteiger partial charge on any atom is 0.339 e. The van der Waals surface area contributed by atoms with Crippen molar-refractivity contribution in [2.24, 2.45) is 0 Å². The van der Waals surface area contributed by atoms with Gasteiger partial charge in [0.25, 0.3) is 0 Å². The minimum atomic E-state index is -1.05. The summed E-state index contributed by atoms with van der Waals surface area (Å²) in [5.74, 6) is -0.0988. The van der Waals surface area contributed by atoms with E-state index in [0.717, 1.165) is 30.5 Å². The van der Waals surface area contributed by atoms with E-state index in [1.807, 2.05) is 24.3 Å². The van der Waals surface area contributed by atoms with E-state index in [1.165, 1.54) is 13.2 Å². The second-order valence-electron chi connectivity index (χ2n) is 7.82. The molecule has 2 aromatic rings. The molecule has 4 rings (SSSR count). The first-order valence-corrected chi connectivity index (χ1v) is 10.1. The van der Waals surface area contributed by atoms with Gasteiger partial charge in [0.2, 0.25) is 5.91 Å². The van der Waals surface area contributed by atoms with Crippen molar-refractivity contribution in [2.45, 2.75) is 43.8 Å². The SMILES string of the molecule is COc1cc(C2CC(=O)N(c3ccc(OC4CCCC4O)cc3)C2)ccc1C(=O)O. The maximum absolute atomic E-state index is 12.6. The largest absolute Gasteiger partial charge is 0.496 e. The zero-order valence-corrected chi connectivity index (χ0v) is 16.8. The van der Waals surface area contributed by atoms with Crippen LogP contribution in [0.3, 0.4) is 0 Å². The van der Waals surface area contributed by atoms with Gasteiger partial charge < -0.3 is 24.6 Å². The van der Waals surface area contributed by atoms with Gasteiger partial charge in [0.15, 0.2) is 0 Å². The number of anilines is 1. The summed E-state index contributed by atoms with van der Waals surface area (Å²) in [6.07, 6.45) is 2.34. The number of aromatic carboxylic acids is 1. The van der Waals surface area contributed by atoms with Gasteiger partial charge in [-0.3, -0.25) is 4.79 Å². The molecule has 1 aliphatic carbocycles. The summed E-state index contributed by atoms with van der Waals surface area (Å²) in [7, 11) is 1.44. The lowest BCUT2D eigenvalue weighted by Crippen LogP contribution is -2.26. The first-order valence-electron chi connectivity index (χ1n) is 10.1. The van der Waals surface area contributed by atoms with E-state index in [2.05, 4.69) is 0 Å². The molecule has 7 heteroatoms. The van der Waals surface area contributed by atoms with Crippen LogP contribution in [0.1, 0.15) is 47.5 Å². The Morgan fingerprint density at radius 2 is 1.90 bits per heavy atom. The summed E-state index contributed by atoms with van der Waals surface area (Å²) in [5, 5.41) is 19.2. The molecule has 1 amide bonds. The molecule has 158 valence electrons. The summed E-state index contributed by atoms with van der Waals surface area (Å²) in [6, 6.07) is 12.3. The Balaban J connectivity index is 1.46. The lowest BCUT2D eigenvalue weighted by molar-refractivity contribution is -0.117. The van der Waals surface area contributed by atoms with Gasteiger partial charge in [0, 0.05) is 24.6 Å². The van der Waals surface area contributed by atoms with E-state index in [1.54, 1.807) is 17.0 Å². The van der Waals surface area contributed by atoms with Crippen LogP contribution in [0, 0.1) is 0 Å². The Morgan fingerprint density at radius 1 is 1.13 bits per heavy atom. The van der Waals surface area contributed by atoms with Crippen LogP contribution in [0.15, 0.2) is 42.5 Å². The monoisotopic (exact) mass is 411 g/mol. The molecule has 1 saturated heterocycles. The molecule has 2 aliphatic rings. The smallest absolute Gasteiger partial charge is 0.339 e. The fourth-order valence-corrected chi connectivity index (χ4v) is 4.24. The number of hydrogen-bond acceptors (Lipinski definition) is 5. The first kappa shape index (κ1) is 20.2. The zero-order valence-electron chi connectivity index (χ0n) is 16.8. The van der Waals surface area contributed by atoms with Crippen LogP contribution in [-0.4, -0.2) is 48.0 Å². The number of carboxylic acid groups (broad SMARTS) is 1. The molecule has 1 saturated carbocycles. The van der Waals surface area contributed by atoms with Crippen LogP contribution in [0.4, 0.5) is 5.69 Å². The summed E-state index contributed by atoms with van der Waals surface area (Å²) in [4.78, 5) is 25.7. The quantitative estimate of drug-likeness (QED) is 0.758. The third kappa shape index (κ3) is 3.98. The number of carbonyl (C=O) groups is 2. The van der Waals surface area contributed by atoms with Gasteiger partial charge in [0.05, 0.1) is 13.2 Å². The molecule has 0 radical (unpaired) electrons. The molecule has 0 aromatic heterocycles. The molecule has 7 nitrogen and oxygen atoms in total. The summed E-state index contributed by atoms with van der Waals surface area (Å²) < 4.78 is 11.1. The lowest BCUT2D eigenvalue weighted by Gasteiger charge is -2.20. The van der Waals surface area contributed by atoms with Crippen molar-refractivity contribution < 1.29 is 29.3 Å². The minimum Gasteiger partial charge on any atom is -0.496 e. The van der Waals surface area contributed by atoms with E-state index in [-0.39, 0.29) is 23.5 Å². The average molecular weight is 411 g/mol. The Hall–Kier alpha value is -3.06. The Morgan fingerprint density at radius 3 is 2.53 bits per heavy atom. The topological polar surface area (TPSA) is 96.3 Å². The van der Waals surface area contributed by atoms with Crippen LogP contribution >= 0.6 is 0 Å². The molecule has 3 atom stereocenters. The number of amides is 1. The summed E-state index contributed by atoms with van der Waals surface area (Å²) in [5.41, 5.74) is 1.77. The molecule has 2 aromatic carbocycles. The highest BCUT2D eigenvalue weighted by Crippen LogP contribution is 2.35. The van der Waals surface area contributed by atoms with Gasteiger partial charge in [-0.1, -0.05) is 6.07 Å². The van der Waals surface area contributed by atoms with Crippen molar-refractivity contribution in [3.05, 3.63) is 53.6 Å². The Kier molecular flexibility index (Phi) is 5.63. The fourth-order valence-electron chi connectivity index (χ4n) is 4.24. The number of methoxy groups -OCH3 is 1. The van der Waals surface area contributed by atoms with Gasteiger partial charge in [-0.15, -0.1) is 0 Å². The van der Waals surface area contributed by atoms with Crippen LogP contribution < -0.4 is 14.4 Å². The van der Waals surface area contributed by atoms with Gasteiger partial charge in [-0.05, 0) is 61.2 Å². The molecule has 30 heavy (non-hydrogen) atoms. The summed E-state index contributed by atoms with van der Waals surface area (Å²) in [6.45, 7) is 0.510. The molecule has 1 aliphatic heterocycles. The number of carboxylic acids is 1. The number of aliphatic hydroxyl groups excluding tert-OH is 1. The van der Waals surface area contributed by atoms with Gasteiger partial charge in [-0.2, -0.15) is 0 Å². The van der Waals surface area contributed by atoms with Crippen molar-refractivity contribution in [3.8, 4) is 11.5 Å². The third-order valence-electron chi connectivity index (χ3n) is 5.91. The molecular weight excluding hydrogens is 386 g/mol. The van der Waals surface area contributed by atoms with Crippen molar-refractivity contribution in [2.75, 3.05) is 18.6 Å². The standard InChI is InChI=1S/C23H25NO6/c1-29-21-11-14(5-10-18(21)23(27)28)15-12-22(26)24(13-15)16-6-8-17(9-7-16)30-20-4-2-3-19(20)25/h5-11,15,19-20,25H,2-4,12-13H2,1H3,(H,27,28). The number of ether oxygens (including phenoxy) is 2. The van der Waals surface area contributed by atoms with Crippen molar-refractivity contribution in [3.63, 3.8) is 0 Å². The highest BCUT2D eigenvalue weighted by atomic mass is 16.5. The second-order valence-corrected chi connectivity index (χ2v) is 7.82. The Labute approximate surface area is 174 Å². The van der Waals surface area contributed by atoms with E-state index in [4.69, 9.17) is 9.47 Å². The normalized spacial score (nSPS) is 23.6. The predicted molar refractivity (Wildman–Crippen MR) is 110 cm³/mol. The lowest BCUT2D eigenvalue weighted by atomic mass is 9.96. The van der Waals surface area contributed by atoms with E-state index in [9.17, 15) is 19.8 Å². The van der Waals surface area contributed by atoms with Crippen LogP contribution in [0.5, 0.6) is 11.5 Å². The Bertz CT molecular complexity index is 941. The van der Waals surface area contributed by atoms with Crippen LogP contribution in [-0.2, 0) is 4.79 Å². The first-order chi connectivity index (χ1) is 14.5. The molecule has 0 bridgehead atoms. The van der Waals surface area contributed by atoms with Crippen molar-refractivity contribution in [1.29, 1.82) is 0 Å². The number of nitrogens with zero attached hydrogens (tertiary/aromatic N) is 1. The molecule has 2 N–H and O–H groups in total. The molecule has 0 spiro atoms. The van der Waals surface area contributed by atoms with Gasteiger partial charge >= 0.3 is 5.97 Å². The van der Waals surface area contributed by atoms with Crippen LogP contribution in [0.25, 0.3) is 0 Å². The minimum absolute atomic E-state index is 0.0150. The molecule has 2 fully saturated rings. The third-order valence-corrected chi connectivity index (χ3v) is 5.91. The highest BCUT2D eigenvalue weighted by molar-refractivity contribution is 5.96. The zero-order chi connectivity index (χ0) is 21.3. The van der Waals surface area contributed by atoms with Gasteiger partial charge in [0.1, 0.15) is 23.2 Å². The highest BCUT2D eigenvalue weighted by Gasteiger charge is 2.32. The second kappa shape index (κ2) is 8.36. The average Bonchev–Trinajstić information content (AvgIpc) is 3.33. The maximum atomic E-state index is 12.6. The van der Waals surface area contributed by atoms with E-state index < -0.39 is 12.1 Å². The number of rotatable bonds is 6. The fraction of sp³-hybridized carbons (Fsp3) is 0.391. The number of aliphatic hydroxyl groups is 1. The number of carbonyl (C=O) groups excluding carboxylic acids is 1. The molecule has 3 unspecified atom stereocenters. The molecule has 1 heterocycles. The van der Waals surface area contributed by atoms with E-state index >= 15 is 0 Å². The van der Waals surface area contributed by atoms with Crippen LogP contribution in [0.2, 0.25) is 0 Å². The molecular formula is C23H25NO6. The van der Waals surface area contributed by atoms with Gasteiger partial charge in [-0.25, -0.2) is 4.79 Å². The predicted octanol–water partition coefficient (Wildman–Crippen LogP) is 3.21. The number of hydrogen-bond donors (Lipinski definition) is 2. The van der Waals surface area contributed by atoms with E-state index in [0.29, 0.717) is 24.5 Å². The van der Waals surface area contributed by atoms with Crippen molar-refractivity contribution >= 4 is 17.6 Å². The number of benzene rings is 2. The van der Waals surface area contributed by atoms with Crippen molar-refractivity contribution in [1.82, 2.24) is 0 Å².